The summed E-state index contributed by atoms with van der Waals surface area (Å²) in [4.78, 5) is 36.9. The first-order chi connectivity index (χ1) is 9.66. The van der Waals surface area contributed by atoms with Crippen molar-refractivity contribution in [3.63, 3.8) is 0 Å². The molecular formula is C14H15N3O3. The van der Waals surface area contributed by atoms with Gasteiger partial charge in [0, 0.05) is 25.6 Å². The van der Waals surface area contributed by atoms with Gasteiger partial charge in [-0.3, -0.25) is 19.3 Å². The van der Waals surface area contributed by atoms with Gasteiger partial charge in [0.2, 0.25) is 5.91 Å². The third-order valence-electron chi connectivity index (χ3n) is 3.63. The number of fused-ring (bicyclic) bond motifs is 1. The quantitative estimate of drug-likeness (QED) is 0.733. The maximum Gasteiger partial charge on any atom is 0.262 e. The van der Waals surface area contributed by atoms with Gasteiger partial charge >= 0.3 is 0 Å². The summed E-state index contributed by atoms with van der Waals surface area (Å²) in [7, 11) is 0. The maximum atomic E-state index is 12.1. The molecule has 1 saturated heterocycles. The molecule has 3 amide bonds. The number of hydrogen-bond donors (Lipinski definition) is 2. The Balaban J connectivity index is 1.62. The second-order valence-corrected chi connectivity index (χ2v) is 5.07. The molecule has 20 heavy (non-hydrogen) atoms. The number of carbonyl (C=O) groups is 3. The molecule has 2 aliphatic heterocycles. The number of nitrogens with one attached hydrogen (secondary N) is 2. The fraction of sp³-hybridized carbons (Fsp3) is 0.357. The highest BCUT2D eigenvalue weighted by molar-refractivity contribution is 6.22. The third-order valence-corrected chi connectivity index (χ3v) is 3.63. The molecule has 104 valence electrons. The first kappa shape index (κ1) is 12.8. The number of hydrogen-bond acceptors (Lipinski definition) is 4. The fourth-order valence-corrected chi connectivity index (χ4v) is 2.33. The van der Waals surface area contributed by atoms with Crippen molar-refractivity contribution in [1.82, 2.24) is 15.5 Å². The summed E-state index contributed by atoms with van der Waals surface area (Å²) >= 11 is 0. The Morgan fingerprint density at radius 2 is 1.80 bits per heavy atom. The monoisotopic (exact) mass is 273 g/mol. The summed E-state index contributed by atoms with van der Waals surface area (Å²) in [5.41, 5.74) is 0.738. The Morgan fingerprint density at radius 1 is 1.20 bits per heavy atom. The molecule has 6 heteroatoms. The van der Waals surface area contributed by atoms with Gasteiger partial charge in [-0.1, -0.05) is 12.1 Å². The Morgan fingerprint density at radius 3 is 2.30 bits per heavy atom. The fourth-order valence-electron chi connectivity index (χ4n) is 2.33. The summed E-state index contributed by atoms with van der Waals surface area (Å²) in [5, 5.41) is 5.87. The zero-order valence-electron chi connectivity index (χ0n) is 10.9. The van der Waals surface area contributed by atoms with Crippen LogP contribution in [0.4, 0.5) is 0 Å². The second kappa shape index (κ2) is 5.05. The lowest BCUT2D eigenvalue weighted by molar-refractivity contribution is -0.121. The summed E-state index contributed by atoms with van der Waals surface area (Å²) in [6.45, 7) is 2.15. The number of carbonyl (C=O) groups excluding carboxylic acids is 3. The molecule has 0 unspecified atom stereocenters. The number of nitrogens with zero attached hydrogens (tertiary/aromatic N) is 1. The molecule has 0 bridgehead atoms. The smallest absolute Gasteiger partial charge is 0.262 e. The largest absolute Gasteiger partial charge is 0.354 e. The van der Waals surface area contributed by atoms with Crippen molar-refractivity contribution in [3.05, 3.63) is 35.4 Å². The van der Waals surface area contributed by atoms with Crippen molar-refractivity contribution in [2.24, 2.45) is 5.92 Å². The van der Waals surface area contributed by atoms with E-state index in [2.05, 4.69) is 10.6 Å². The van der Waals surface area contributed by atoms with Crippen LogP contribution in [0.15, 0.2) is 24.3 Å². The van der Waals surface area contributed by atoms with Gasteiger partial charge in [-0.2, -0.15) is 0 Å². The Hall–Kier alpha value is -2.21. The first-order valence-corrected chi connectivity index (χ1v) is 6.59. The summed E-state index contributed by atoms with van der Waals surface area (Å²) in [5.74, 6) is -0.648. The number of amides is 3. The number of imide groups is 1. The number of benzene rings is 1. The molecule has 0 radical (unpaired) electrons. The maximum absolute atomic E-state index is 12.1. The van der Waals surface area contributed by atoms with Crippen LogP contribution in [-0.4, -0.2) is 48.8 Å². The van der Waals surface area contributed by atoms with Crippen molar-refractivity contribution < 1.29 is 14.4 Å². The van der Waals surface area contributed by atoms with Crippen molar-refractivity contribution >= 4 is 17.7 Å². The van der Waals surface area contributed by atoms with Crippen LogP contribution in [-0.2, 0) is 4.79 Å². The highest BCUT2D eigenvalue weighted by Gasteiger charge is 2.36. The molecule has 0 aromatic heterocycles. The lowest BCUT2D eigenvalue weighted by atomic mass is 10.0. The van der Waals surface area contributed by atoms with Crippen molar-refractivity contribution in [2.75, 3.05) is 26.2 Å². The molecular weight excluding hydrogens is 258 g/mol. The van der Waals surface area contributed by atoms with E-state index < -0.39 is 11.8 Å². The Labute approximate surface area is 116 Å². The molecule has 3 rings (SSSR count). The van der Waals surface area contributed by atoms with Crippen LogP contribution in [0.5, 0.6) is 0 Å². The van der Waals surface area contributed by atoms with Gasteiger partial charge in [0.05, 0.1) is 11.1 Å². The minimum absolute atomic E-state index is 0.216. The average molecular weight is 273 g/mol. The minimum atomic E-state index is -0.397. The van der Waals surface area contributed by atoms with Crippen LogP contribution in [0, 0.1) is 5.92 Å². The Bertz CT molecular complexity index is 546. The molecule has 1 fully saturated rings. The SMILES string of the molecule is O=C(CN1C(=O)c2ccccc2C1=O)NCC1CNC1. The van der Waals surface area contributed by atoms with Crippen molar-refractivity contribution in [2.45, 2.75) is 0 Å². The molecule has 6 nitrogen and oxygen atoms in total. The zero-order valence-corrected chi connectivity index (χ0v) is 10.9. The standard InChI is InChI=1S/C14H15N3O3/c18-12(16-7-9-5-15-6-9)8-17-13(19)10-3-1-2-4-11(10)14(17)20/h1-4,9,15H,5-8H2,(H,16,18). The third kappa shape index (κ3) is 2.18. The lowest BCUT2D eigenvalue weighted by Crippen LogP contribution is -2.49. The van der Waals surface area contributed by atoms with Gasteiger partial charge in [-0.05, 0) is 12.1 Å². The van der Waals surface area contributed by atoms with Gasteiger partial charge in [-0.15, -0.1) is 0 Å². The van der Waals surface area contributed by atoms with Crippen LogP contribution in [0.3, 0.4) is 0 Å². The van der Waals surface area contributed by atoms with Crippen LogP contribution < -0.4 is 10.6 Å². The van der Waals surface area contributed by atoms with E-state index in [1.54, 1.807) is 24.3 Å². The van der Waals surface area contributed by atoms with E-state index in [0.29, 0.717) is 23.6 Å². The molecule has 0 saturated carbocycles. The molecule has 0 atom stereocenters. The summed E-state index contributed by atoms with van der Waals surface area (Å²) in [6.07, 6.45) is 0. The molecule has 1 aromatic carbocycles. The molecule has 2 heterocycles. The molecule has 0 aliphatic carbocycles. The van der Waals surface area contributed by atoms with E-state index in [4.69, 9.17) is 0 Å². The Kier molecular flexibility index (Phi) is 3.23. The van der Waals surface area contributed by atoms with E-state index in [9.17, 15) is 14.4 Å². The van der Waals surface area contributed by atoms with Gasteiger partial charge in [0.15, 0.2) is 0 Å². The van der Waals surface area contributed by atoms with Gasteiger partial charge in [-0.25, -0.2) is 0 Å². The summed E-state index contributed by atoms with van der Waals surface area (Å²) < 4.78 is 0. The van der Waals surface area contributed by atoms with Gasteiger partial charge in [0.1, 0.15) is 6.54 Å². The zero-order chi connectivity index (χ0) is 14.1. The highest BCUT2D eigenvalue weighted by Crippen LogP contribution is 2.21. The van der Waals surface area contributed by atoms with E-state index in [1.807, 2.05) is 0 Å². The van der Waals surface area contributed by atoms with E-state index >= 15 is 0 Å². The second-order valence-electron chi connectivity index (χ2n) is 5.07. The van der Waals surface area contributed by atoms with E-state index in [1.165, 1.54) is 0 Å². The normalized spacial score (nSPS) is 17.9. The van der Waals surface area contributed by atoms with Crippen molar-refractivity contribution in [1.29, 1.82) is 0 Å². The van der Waals surface area contributed by atoms with E-state index in [0.717, 1.165) is 18.0 Å². The lowest BCUT2D eigenvalue weighted by Gasteiger charge is -2.27. The van der Waals surface area contributed by atoms with Crippen LogP contribution >= 0.6 is 0 Å². The predicted molar refractivity (Wildman–Crippen MR) is 71.2 cm³/mol. The van der Waals surface area contributed by atoms with Crippen LogP contribution in [0.2, 0.25) is 0 Å². The number of rotatable bonds is 4. The van der Waals surface area contributed by atoms with Crippen molar-refractivity contribution in [3.8, 4) is 0 Å². The molecule has 2 aliphatic rings. The highest BCUT2D eigenvalue weighted by atomic mass is 16.2. The average Bonchev–Trinajstić information content (AvgIpc) is 2.63. The molecule has 1 aromatic rings. The van der Waals surface area contributed by atoms with Crippen LogP contribution in [0.1, 0.15) is 20.7 Å². The van der Waals surface area contributed by atoms with E-state index in [-0.39, 0.29) is 12.5 Å². The predicted octanol–water partition coefficient (Wildman–Crippen LogP) is -0.382. The molecule has 0 spiro atoms. The topological polar surface area (TPSA) is 78.5 Å². The minimum Gasteiger partial charge on any atom is -0.354 e. The summed E-state index contributed by atoms with van der Waals surface area (Å²) in [6, 6.07) is 6.62. The molecule has 2 N–H and O–H groups in total. The first-order valence-electron chi connectivity index (χ1n) is 6.59. The van der Waals surface area contributed by atoms with Gasteiger partial charge < -0.3 is 10.6 Å². The van der Waals surface area contributed by atoms with Gasteiger partial charge in [0.25, 0.3) is 11.8 Å². The van der Waals surface area contributed by atoms with Crippen LogP contribution in [0.25, 0.3) is 0 Å².